The van der Waals surface area contributed by atoms with Gasteiger partial charge in [-0.25, -0.2) is 0 Å². The van der Waals surface area contributed by atoms with E-state index in [4.69, 9.17) is 0 Å². The lowest BCUT2D eigenvalue weighted by atomic mass is 9.95. The van der Waals surface area contributed by atoms with Crippen molar-refractivity contribution in [3.8, 4) is 0 Å². The van der Waals surface area contributed by atoms with E-state index >= 15 is 0 Å². The highest BCUT2D eigenvalue weighted by atomic mass is 16.2. The maximum atomic E-state index is 12.2. The number of carbonyl (C=O) groups excluding carboxylic acids is 2. The molecule has 2 heterocycles. The Kier molecular flexibility index (Phi) is 4.49. The Bertz CT molecular complexity index is 439. The molecule has 0 spiro atoms. The SMILES string of the molecule is CCNC(=O)C1CCN(C(=O)c2cccnc2)CC1. The predicted octanol–water partition coefficient (Wildman–Crippen LogP) is 1.07. The third kappa shape index (κ3) is 3.30. The van der Waals surface area contributed by atoms with Gasteiger partial charge in [0.05, 0.1) is 5.56 Å². The summed E-state index contributed by atoms with van der Waals surface area (Å²) in [4.78, 5) is 29.7. The molecule has 1 saturated heterocycles. The van der Waals surface area contributed by atoms with E-state index < -0.39 is 0 Å². The van der Waals surface area contributed by atoms with Crippen molar-refractivity contribution in [3.05, 3.63) is 30.1 Å². The predicted molar refractivity (Wildman–Crippen MR) is 71.5 cm³/mol. The van der Waals surface area contributed by atoms with Gasteiger partial charge in [0.2, 0.25) is 5.91 Å². The number of pyridine rings is 1. The molecule has 0 saturated carbocycles. The van der Waals surface area contributed by atoms with Crippen LogP contribution in [0, 0.1) is 5.92 Å². The Hall–Kier alpha value is -1.91. The minimum atomic E-state index is 0.00227. The fourth-order valence-electron chi connectivity index (χ4n) is 2.34. The van der Waals surface area contributed by atoms with E-state index in [1.807, 2.05) is 6.92 Å². The van der Waals surface area contributed by atoms with Crippen LogP contribution < -0.4 is 5.32 Å². The zero-order valence-corrected chi connectivity index (χ0v) is 11.1. The first-order valence-electron chi connectivity index (χ1n) is 6.69. The van der Waals surface area contributed by atoms with Gasteiger partial charge in [0.25, 0.3) is 5.91 Å². The van der Waals surface area contributed by atoms with Gasteiger partial charge in [-0.1, -0.05) is 0 Å². The van der Waals surface area contributed by atoms with E-state index in [0.29, 0.717) is 25.2 Å². The highest BCUT2D eigenvalue weighted by Gasteiger charge is 2.27. The van der Waals surface area contributed by atoms with Gasteiger partial charge in [-0.3, -0.25) is 14.6 Å². The van der Waals surface area contributed by atoms with E-state index in [1.165, 1.54) is 0 Å². The summed E-state index contributed by atoms with van der Waals surface area (Å²) >= 11 is 0. The van der Waals surface area contributed by atoms with Gasteiger partial charge in [0, 0.05) is 37.9 Å². The summed E-state index contributed by atoms with van der Waals surface area (Å²) in [6.07, 6.45) is 4.70. The van der Waals surface area contributed by atoms with Gasteiger partial charge in [-0.05, 0) is 31.9 Å². The first-order chi connectivity index (χ1) is 9.22. The minimum Gasteiger partial charge on any atom is -0.356 e. The first-order valence-corrected chi connectivity index (χ1v) is 6.69. The number of rotatable bonds is 3. The number of hydrogen-bond acceptors (Lipinski definition) is 3. The normalized spacial score (nSPS) is 16.2. The summed E-state index contributed by atoms with van der Waals surface area (Å²) in [6.45, 7) is 3.84. The first kappa shape index (κ1) is 13.5. The Balaban J connectivity index is 1.90. The smallest absolute Gasteiger partial charge is 0.255 e. The maximum Gasteiger partial charge on any atom is 0.255 e. The molecule has 1 fully saturated rings. The highest BCUT2D eigenvalue weighted by Crippen LogP contribution is 2.19. The lowest BCUT2D eigenvalue weighted by molar-refractivity contribution is -0.126. The molecular weight excluding hydrogens is 242 g/mol. The van der Waals surface area contributed by atoms with Crippen molar-refractivity contribution in [2.24, 2.45) is 5.92 Å². The molecule has 102 valence electrons. The molecule has 0 aromatic carbocycles. The quantitative estimate of drug-likeness (QED) is 0.885. The molecule has 5 heteroatoms. The number of hydrogen-bond donors (Lipinski definition) is 1. The average Bonchev–Trinajstić information content (AvgIpc) is 2.48. The zero-order chi connectivity index (χ0) is 13.7. The van der Waals surface area contributed by atoms with Gasteiger partial charge in [-0.15, -0.1) is 0 Å². The molecule has 1 aliphatic rings. The second kappa shape index (κ2) is 6.31. The van der Waals surface area contributed by atoms with Crippen molar-refractivity contribution < 1.29 is 9.59 Å². The van der Waals surface area contributed by atoms with E-state index in [-0.39, 0.29) is 17.7 Å². The molecule has 0 unspecified atom stereocenters. The van der Waals surface area contributed by atoms with Crippen LogP contribution in [0.25, 0.3) is 0 Å². The van der Waals surface area contributed by atoms with Gasteiger partial charge in [0.1, 0.15) is 0 Å². The Labute approximate surface area is 113 Å². The highest BCUT2D eigenvalue weighted by molar-refractivity contribution is 5.94. The molecule has 5 nitrogen and oxygen atoms in total. The van der Waals surface area contributed by atoms with Crippen LogP contribution in [0.4, 0.5) is 0 Å². The van der Waals surface area contributed by atoms with Crippen LogP contribution in [-0.4, -0.2) is 41.3 Å². The van der Waals surface area contributed by atoms with E-state index in [9.17, 15) is 9.59 Å². The largest absolute Gasteiger partial charge is 0.356 e. The van der Waals surface area contributed by atoms with Crippen molar-refractivity contribution in [1.82, 2.24) is 15.2 Å². The number of aromatic nitrogens is 1. The van der Waals surface area contributed by atoms with Gasteiger partial charge < -0.3 is 10.2 Å². The van der Waals surface area contributed by atoms with Crippen molar-refractivity contribution in [1.29, 1.82) is 0 Å². The molecule has 0 atom stereocenters. The standard InChI is InChI=1S/C14H19N3O2/c1-2-16-13(18)11-5-8-17(9-6-11)14(19)12-4-3-7-15-10-12/h3-4,7,10-11H,2,5-6,8-9H2,1H3,(H,16,18). The molecule has 1 N–H and O–H groups in total. The van der Waals surface area contributed by atoms with E-state index in [1.54, 1.807) is 29.4 Å². The fraction of sp³-hybridized carbons (Fsp3) is 0.500. The summed E-state index contributed by atoms with van der Waals surface area (Å²) in [5, 5.41) is 2.84. The summed E-state index contributed by atoms with van der Waals surface area (Å²) in [5.74, 6) is 0.149. The van der Waals surface area contributed by atoms with Crippen LogP contribution in [0.3, 0.4) is 0 Å². The van der Waals surface area contributed by atoms with E-state index in [2.05, 4.69) is 10.3 Å². The maximum absolute atomic E-state index is 12.2. The third-order valence-corrected chi connectivity index (χ3v) is 3.41. The molecule has 0 radical (unpaired) electrons. The Morgan fingerprint density at radius 3 is 2.74 bits per heavy atom. The van der Waals surface area contributed by atoms with Gasteiger partial charge >= 0.3 is 0 Å². The fourth-order valence-corrected chi connectivity index (χ4v) is 2.34. The number of nitrogens with one attached hydrogen (secondary N) is 1. The molecular formula is C14H19N3O2. The number of nitrogens with zero attached hydrogens (tertiary/aromatic N) is 2. The Morgan fingerprint density at radius 2 is 2.16 bits per heavy atom. The van der Waals surface area contributed by atoms with Crippen LogP contribution in [-0.2, 0) is 4.79 Å². The molecule has 0 bridgehead atoms. The van der Waals surface area contributed by atoms with Crippen LogP contribution in [0.2, 0.25) is 0 Å². The van der Waals surface area contributed by atoms with Crippen molar-refractivity contribution >= 4 is 11.8 Å². The summed E-state index contributed by atoms with van der Waals surface area (Å²) in [7, 11) is 0. The lowest BCUT2D eigenvalue weighted by Gasteiger charge is -2.31. The molecule has 0 aliphatic carbocycles. The van der Waals surface area contributed by atoms with Crippen molar-refractivity contribution in [3.63, 3.8) is 0 Å². The van der Waals surface area contributed by atoms with Gasteiger partial charge in [0.15, 0.2) is 0 Å². The van der Waals surface area contributed by atoms with Crippen molar-refractivity contribution in [2.75, 3.05) is 19.6 Å². The minimum absolute atomic E-state index is 0.00227. The molecule has 1 aromatic heterocycles. The molecule has 19 heavy (non-hydrogen) atoms. The average molecular weight is 261 g/mol. The summed E-state index contributed by atoms with van der Waals surface area (Å²) < 4.78 is 0. The number of carbonyl (C=O) groups is 2. The van der Waals surface area contributed by atoms with Crippen LogP contribution in [0.15, 0.2) is 24.5 Å². The van der Waals surface area contributed by atoms with Crippen LogP contribution in [0.5, 0.6) is 0 Å². The summed E-state index contributed by atoms with van der Waals surface area (Å²) in [5.41, 5.74) is 0.610. The molecule has 1 aliphatic heterocycles. The zero-order valence-electron chi connectivity index (χ0n) is 11.1. The second-order valence-corrected chi connectivity index (χ2v) is 4.70. The van der Waals surface area contributed by atoms with Crippen LogP contribution >= 0.6 is 0 Å². The number of piperidine rings is 1. The summed E-state index contributed by atoms with van der Waals surface area (Å²) in [6, 6.07) is 3.53. The van der Waals surface area contributed by atoms with Crippen LogP contribution in [0.1, 0.15) is 30.1 Å². The number of likely N-dealkylation sites (tertiary alicyclic amines) is 1. The lowest BCUT2D eigenvalue weighted by Crippen LogP contribution is -2.43. The van der Waals surface area contributed by atoms with E-state index in [0.717, 1.165) is 12.8 Å². The topological polar surface area (TPSA) is 62.3 Å². The third-order valence-electron chi connectivity index (χ3n) is 3.41. The Morgan fingerprint density at radius 1 is 1.42 bits per heavy atom. The van der Waals surface area contributed by atoms with Crippen molar-refractivity contribution in [2.45, 2.75) is 19.8 Å². The monoisotopic (exact) mass is 261 g/mol. The van der Waals surface area contributed by atoms with Gasteiger partial charge in [-0.2, -0.15) is 0 Å². The molecule has 2 rings (SSSR count). The second-order valence-electron chi connectivity index (χ2n) is 4.70. The molecule has 2 amide bonds. The number of amides is 2. The molecule has 1 aromatic rings.